The van der Waals surface area contributed by atoms with E-state index in [0.29, 0.717) is 19.8 Å². The van der Waals surface area contributed by atoms with Gasteiger partial charge in [0, 0.05) is 6.61 Å². The van der Waals surface area contributed by atoms with E-state index in [9.17, 15) is 14.7 Å². The van der Waals surface area contributed by atoms with E-state index in [1.807, 2.05) is 0 Å². The van der Waals surface area contributed by atoms with Crippen LogP contribution < -0.4 is 0 Å². The first-order valence-electron chi connectivity index (χ1n) is 27.3. The van der Waals surface area contributed by atoms with E-state index in [-0.39, 0.29) is 23.8 Å². The minimum atomic E-state index is 0.0537. The number of unbranched alkanes of at least 4 members (excludes halogenated alkanes) is 27. The highest BCUT2D eigenvalue weighted by molar-refractivity contribution is 5.72. The molecule has 0 amide bonds. The number of esters is 2. The van der Waals surface area contributed by atoms with Gasteiger partial charge < -0.3 is 19.5 Å². The molecule has 61 heavy (non-hydrogen) atoms. The maximum absolute atomic E-state index is 13.0. The number of rotatable bonds is 50. The van der Waals surface area contributed by atoms with Gasteiger partial charge in [-0.05, 0) is 103 Å². The molecule has 0 aliphatic rings. The number of aliphatic hydroxyl groups is 1. The highest BCUT2D eigenvalue weighted by atomic mass is 16.5. The number of carbonyl (C=O) groups is 2. The van der Waals surface area contributed by atoms with Gasteiger partial charge in [-0.25, -0.2) is 0 Å². The number of ether oxygens (including phenoxy) is 2. The molecule has 0 aromatic heterocycles. The average molecular weight is 862 g/mol. The van der Waals surface area contributed by atoms with Gasteiger partial charge in [0.05, 0.1) is 25.0 Å². The fourth-order valence-electron chi connectivity index (χ4n) is 8.63. The zero-order valence-electron chi connectivity index (χ0n) is 41.7. The molecule has 0 rings (SSSR count). The lowest BCUT2D eigenvalue weighted by Gasteiger charge is -2.22. The maximum Gasteiger partial charge on any atom is 0.308 e. The second kappa shape index (κ2) is 49.6. The van der Waals surface area contributed by atoms with Crippen molar-refractivity contribution in [2.45, 2.75) is 278 Å². The van der Waals surface area contributed by atoms with Crippen LogP contribution in [0.15, 0.2) is 12.2 Å². The van der Waals surface area contributed by atoms with E-state index in [1.165, 1.54) is 167 Å². The predicted octanol–water partition coefficient (Wildman–Crippen LogP) is 16.4. The molecule has 0 spiro atoms. The van der Waals surface area contributed by atoms with E-state index in [0.717, 1.165) is 103 Å². The van der Waals surface area contributed by atoms with Gasteiger partial charge in [0.25, 0.3) is 0 Å². The molecule has 6 nitrogen and oxygen atoms in total. The van der Waals surface area contributed by atoms with Crippen LogP contribution in [0, 0.1) is 11.8 Å². The van der Waals surface area contributed by atoms with Crippen molar-refractivity contribution in [3.63, 3.8) is 0 Å². The summed E-state index contributed by atoms with van der Waals surface area (Å²) >= 11 is 0. The minimum absolute atomic E-state index is 0.0537. The summed E-state index contributed by atoms with van der Waals surface area (Å²) in [5, 5.41) is 9.34. The fraction of sp³-hybridized carbons (Fsp3) is 0.927. The van der Waals surface area contributed by atoms with Crippen LogP contribution in [0.3, 0.4) is 0 Å². The first-order valence-corrected chi connectivity index (χ1v) is 27.3. The Labute approximate surface area is 381 Å². The highest BCUT2D eigenvalue weighted by Gasteiger charge is 2.20. The second-order valence-electron chi connectivity index (χ2n) is 18.8. The normalized spacial score (nSPS) is 12.8. The first-order chi connectivity index (χ1) is 30.0. The van der Waals surface area contributed by atoms with Crippen molar-refractivity contribution < 1.29 is 24.2 Å². The average Bonchev–Trinajstić information content (AvgIpc) is 3.26. The molecular weight excluding hydrogens is 755 g/mol. The van der Waals surface area contributed by atoms with E-state index < -0.39 is 0 Å². The Morgan fingerprint density at radius 2 is 0.721 bits per heavy atom. The van der Waals surface area contributed by atoms with Crippen LogP contribution in [0.1, 0.15) is 278 Å². The maximum atomic E-state index is 13.0. The van der Waals surface area contributed by atoms with Gasteiger partial charge in [0.2, 0.25) is 0 Å². The molecule has 2 unspecified atom stereocenters. The Kier molecular flexibility index (Phi) is 48.5. The van der Waals surface area contributed by atoms with Crippen LogP contribution in [-0.2, 0) is 19.1 Å². The van der Waals surface area contributed by atoms with Gasteiger partial charge in [-0.15, -0.1) is 0 Å². The zero-order chi connectivity index (χ0) is 44.5. The summed E-state index contributed by atoms with van der Waals surface area (Å²) in [6.45, 7) is 13.9. The summed E-state index contributed by atoms with van der Waals surface area (Å²) in [6.07, 6.45) is 50.8. The Balaban J connectivity index is 4.16. The van der Waals surface area contributed by atoms with Crippen molar-refractivity contribution in [2.24, 2.45) is 11.8 Å². The summed E-state index contributed by atoms with van der Waals surface area (Å²) in [7, 11) is 0. The fourth-order valence-corrected chi connectivity index (χ4v) is 8.63. The number of allylic oxidation sites excluding steroid dienone is 2. The van der Waals surface area contributed by atoms with Crippen LogP contribution in [0.25, 0.3) is 0 Å². The third kappa shape index (κ3) is 42.3. The lowest BCUT2D eigenvalue weighted by Crippen LogP contribution is -2.27. The van der Waals surface area contributed by atoms with E-state index in [2.05, 4.69) is 44.7 Å². The molecule has 0 bridgehead atoms. The van der Waals surface area contributed by atoms with Crippen LogP contribution in [-0.4, -0.2) is 61.4 Å². The van der Waals surface area contributed by atoms with Gasteiger partial charge in [-0.2, -0.15) is 0 Å². The Hall–Kier alpha value is -1.40. The highest BCUT2D eigenvalue weighted by Crippen LogP contribution is 2.22. The van der Waals surface area contributed by atoms with Gasteiger partial charge in [-0.1, -0.05) is 207 Å². The molecule has 0 saturated heterocycles. The summed E-state index contributed by atoms with van der Waals surface area (Å²) in [4.78, 5) is 28.6. The Bertz CT molecular complexity index is 924. The van der Waals surface area contributed by atoms with Crippen molar-refractivity contribution in [2.75, 3.05) is 39.5 Å². The van der Waals surface area contributed by atoms with Crippen LogP contribution >= 0.6 is 0 Å². The van der Waals surface area contributed by atoms with E-state index in [1.54, 1.807) is 0 Å². The first kappa shape index (κ1) is 59.6. The molecule has 362 valence electrons. The Morgan fingerprint density at radius 3 is 1.13 bits per heavy atom. The van der Waals surface area contributed by atoms with Crippen LogP contribution in [0.2, 0.25) is 0 Å². The molecule has 0 heterocycles. The van der Waals surface area contributed by atoms with Crippen molar-refractivity contribution in [1.29, 1.82) is 0 Å². The molecule has 0 saturated carbocycles. The number of carbonyl (C=O) groups excluding carboxylic acids is 2. The van der Waals surface area contributed by atoms with Crippen LogP contribution in [0.4, 0.5) is 0 Å². The molecule has 0 radical (unpaired) electrons. The SMILES string of the molecule is CCC/C=C/CCCC(CCCCCCC)C(=O)OCCCCCCCCCN(CCCCO)CCCCCCCCCOC(=O)C(CCCCCC)CCCCCCCC. The predicted molar refractivity (Wildman–Crippen MR) is 264 cm³/mol. The summed E-state index contributed by atoms with van der Waals surface area (Å²) in [5.74, 6) is 0.312. The van der Waals surface area contributed by atoms with Crippen molar-refractivity contribution >= 4 is 11.9 Å². The zero-order valence-corrected chi connectivity index (χ0v) is 41.7. The van der Waals surface area contributed by atoms with E-state index in [4.69, 9.17) is 9.47 Å². The third-order valence-electron chi connectivity index (χ3n) is 12.8. The summed E-state index contributed by atoms with van der Waals surface area (Å²) in [6, 6.07) is 0. The quantitative estimate of drug-likeness (QED) is 0.0373. The minimum Gasteiger partial charge on any atom is -0.465 e. The van der Waals surface area contributed by atoms with Crippen LogP contribution in [0.5, 0.6) is 0 Å². The van der Waals surface area contributed by atoms with Gasteiger partial charge >= 0.3 is 11.9 Å². The van der Waals surface area contributed by atoms with Crippen molar-refractivity contribution in [3.8, 4) is 0 Å². The molecular formula is C55H107NO5. The molecule has 2 atom stereocenters. The molecule has 0 aromatic carbocycles. The van der Waals surface area contributed by atoms with E-state index >= 15 is 0 Å². The number of aliphatic hydroxyl groups excluding tert-OH is 1. The summed E-state index contributed by atoms with van der Waals surface area (Å²) < 4.78 is 11.6. The largest absolute Gasteiger partial charge is 0.465 e. The van der Waals surface area contributed by atoms with Gasteiger partial charge in [0.15, 0.2) is 0 Å². The molecule has 1 N–H and O–H groups in total. The molecule has 0 aromatic rings. The molecule has 0 aliphatic heterocycles. The van der Waals surface area contributed by atoms with Crippen molar-refractivity contribution in [3.05, 3.63) is 12.2 Å². The number of hydrogen-bond acceptors (Lipinski definition) is 6. The second-order valence-corrected chi connectivity index (χ2v) is 18.8. The van der Waals surface area contributed by atoms with Crippen molar-refractivity contribution in [1.82, 2.24) is 4.90 Å². The van der Waals surface area contributed by atoms with Gasteiger partial charge in [0.1, 0.15) is 0 Å². The smallest absolute Gasteiger partial charge is 0.308 e. The topological polar surface area (TPSA) is 76.1 Å². The monoisotopic (exact) mass is 862 g/mol. The lowest BCUT2D eigenvalue weighted by atomic mass is 9.94. The number of hydrogen-bond donors (Lipinski definition) is 1. The Morgan fingerprint density at radius 1 is 0.393 bits per heavy atom. The number of nitrogens with zero attached hydrogens (tertiary/aromatic N) is 1. The molecule has 6 heteroatoms. The third-order valence-corrected chi connectivity index (χ3v) is 12.8. The van der Waals surface area contributed by atoms with Gasteiger partial charge in [-0.3, -0.25) is 9.59 Å². The molecule has 0 fully saturated rings. The lowest BCUT2D eigenvalue weighted by molar-refractivity contribution is -0.150. The molecule has 0 aliphatic carbocycles. The summed E-state index contributed by atoms with van der Waals surface area (Å²) in [5.41, 5.74) is 0. The standard InChI is InChI=1S/C55H107NO5/c1-5-9-13-17-26-34-44-52(42-32-16-12-8-4)54(58)60-50-40-30-23-19-21-28-36-46-56(48-38-39-49-57)47-37-29-22-20-24-31-41-51-61-55(59)53(43-33-25-15-11-7-3)45-35-27-18-14-10-6-2/h14,18,52-53,57H,5-13,15-17,19-51H2,1-4H3/b18-14+.